The van der Waals surface area contributed by atoms with Gasteiger partial charge < -0.3 is 21.3 Å². The maximum absolute atomic E-state index is 3.79. The Kier molecular flexibility index (Phi) is 18.6. The lowest BCUT2D eigenvalue weighted by atomic mass is 9.91. The highest BCUT2D eigenvalue weighted by Crippen LogP contribution is 2.19. The van der Waals surface area contributed by atoms with Gasteiger partial charge in [0.15, 0.2) is 0 Å². The molecule has 0 heterocycles. The summed E-state index contributed by atoms with van der Waals surface area (Å²) in [4.78, 5) is 0. The van der Waals surface area contributed by atoms with E-state index in [0.29, 0.717) is 17.1 Å². The zero-order valence-corrected chi connectivity index (χ0v) is 24.8. The van der Waals surface area contributed by atoms with Crippen molar-refractivity contribution in [1.82, 2.24) is 21.3 Å². The number of hydrogen-bond donors (Lipinski definition) is 4. The second-order valence-corrected chi connectivity index (χ2v) is 11.4. The van der Waals surface area contributed by atoms with E-state index in [1.165, 1.54) is 70.6 Å². The Bertz CT molecular complexity index is 496. The van der Waals surface area contributed by atoms with Crippen molar-refractivity contribution in [2.45, 2.75) is 156 Å². The average Bonchev–Trinajstić information content (AvgIpc) is 2.85. The normalized spacial score (nSPS) is 15.7. The van der Waals surface area contributed by atoms with Crippen molar-refractivity contribution in [3.63, 3.8) is 0 Å². The molecule has 0 rings (SSSR count). The standard InChI is InChI=1S/C30H64N4/c1-10-28(7,11-2)32-24-17-15-21-27(6)31-23-19-20-26-34-30(9,14-5)22-16-18-25-33-29(8,12-3)13-4/h19-20,27,31-34H,10-18,21-26H2,1-9H3/b20-19+. The van der Waals surface area contributed by atoms with E-state index in [-0.39, 0.29) is 5.54 Å². The molecule has 0 aromatic carbocycles. The van der Waals surface area contributed by atoms with E-state index in [1.54, 1.807) is 0 Å². The van der Waals surface area contributed by atoms with Gasteiger partial charge in [0.2, 0.25) is 0 Å². The summed E-state index contributed by atoms with van der Waals surface area (Å²) in [6.07, 6.45) is 18.2. The summed E-state index contributed by atoms with van der Waals surface area (Å²) in [6, 6.07) is 0.582. The summed E-state index contributed by atoms with van der Waals surface area (Å²) in [5.41, 5.74) is 0.869. The lowest BCUT2D eigenvalue weighted by Gasteiger charge is -2.31. The molecule has 0 aromatic rings. The van der Waals surface area contributed by atoms with Crippen LogP contribution in [0.4, 0.5) is 0 Å². The van der Waals surface area contributed by atoms with E-state index >= 15 is 0 Å². The highest BCUT2D eigenvalue weighted by Gasteiger charge is 2.21. The minimum Gasteiger partial charge on any atom is -0.312 e. The first-order chi connectivity index (χ1) is 16.1. The van der Waals surface area contributed by atoms with Gasteiger partial charge in [-0.1, -0.05) is 59.6 Å². The molecule has 34 heavy (non-hydrogen) atoms. The fourth-order valence-electron chi connectivity index (χ4n) is 4.23. The monoisotopic (exact) mass is 481 g/mol. The third kappa shape index (κ3) is 15.5. The van der Waals surface area contributed by atoms with Crippen LogP contribution < -0.4 is 21.3 Å². The van der Waals surface area contributed by atoms with Crippen LogP contribution in [0.2, 0.25) is 0 Å². The van der Waals surface area contributed by atoms with Crippen molar-refractivity contribution >= 4 is 0 Å². The Labute approximate surface area is 215 Å². The van der Waals surface area contributed by atoms with Crippen LogP contribution in [0.3, 0.4) is 0 Å². The largest absolute Gasteiger partial charge is 0.312 e. The molecule has 204 valence electrons. The highest BCUT2D eigenvalue weighted by atomic mass is 15.0. The minimum atomic E-state index is 0.240. The first-order valence-corrected chi connectivity index (χ1v) is 14.7. The molecule has 0 aliphatic carbocycles. The summed E-state index contributed by atoms with van der Waals surface area (Å²) < 4.78 is 0. The Morgan fingerprint density at radius 2 is 1.06 bits per heavy atom. The van der Waals surface area contributed by atoms with Crippen molar-refractivity contribution < 1.29 is 0 Å². The van der Waals surface area contributed by atoms with Gasteiger partial charge in [0.1, 0.15) is 0 Å². The first-order valence-electron chi connectivity index (χ1n) is 14.7. The highest BCUT2D eigenvalue weighted by molar-refractivity contribution is 4.91. The third-order valence-corrected chi connectivity index (χ3v) is 8.62. The van der Waals surface area contributed by atoms with Crippen molar-refractivity contribution in [1.29, 1.82) is 0 Å². The Morgan fingerprint density at radius 3 is 1.56 bits per heavy atom. The van der Waals surface area contributed by atoms with Crippen molar-refractivity contribution in [3.05, 3.63) is 12.2 Å². The van der Waals surface area contributed by atoms with Gasteiger partial charge in [0, 0.05) is 35.7 Å². The molecule has 4 N–H and O–H groups in total. The molecule has 0 aromatic heterocycles. The van der Waals surface area contributed by atoms with Crippen LogP contribution in [0.1, 0.15) is 133 Å². The third-order valence-electron chi connectivity index (χ3n) is 8.62. The number of unbranched alkanes of at least 4 members (excludes halogenated alkanes) is 2. The Morgan fingerprint density at radius 1 is 0.588 bits per heavy atom. The van der Waals surface area contributed by atoms with Crippen LogP contribution in [-0.2, 0) is 0 Å². The quantitative estimate of drug-likeness (QED) is 0.0943. The predicted octanol–water partition coefficient (Wildman–Crippen LogP) is 6.96. The molecule has 0 aliphatic rings. The van der Waals surface area contributed by atoms with Crippen LogP contribution in [-0.4, -0.2) is 48.8 Å². The van der Waals surface area contributed by atoms with Gasteiger partial charge in [-0.15, -0.1) is 0 Å². The van der Waals surface area contributed by atoms with Gasteiger partial charge in [-0.3, -0.25) is 0 Å². The van der Waals surface area contributed by atoms with Gasteiger partial charge in [-0.05, 0) is 98.6 Å². The maximum atomic E-state index is 3.79. The molecule has 2 atom stereocenters. The Balaban J connectivity index is 3.93. The second-order valence-electron chi connectivity index (χ2n) is 11.4. The molecule has 0 bridgehead atoms. The SMILES string of the molecule is CCC(C)(CC)NCCCCC(C)NC/C=C/CNC(C)(CC)CCCCNC(C)(CC)CC. The fourth-order valence-corrected chi connectivity index (χ4v) is 4.23. The molecular formula is C30H64N4. The van der Waals surface area contributed by atoms with Crippen LogP contribution in [0.25, 0.3) is 0 Å². The maximum Gasteiger partial charge on any atom is 0.0153 e. The summed E-state index contributed by atoms with van der Waals surface area (Å²) in [5, 5.41) is 14.9. The first kappa shape index (κ1) is 33.6. The summed E-state index contributed by atoms with van der Waals surface area (Å²) >= 11 is 0. The minimum absolute atomic E-state index is 0.240. The molecular weight excluding hydrogens is 416 g/mol. The fraction of sp³-hybridized carbons (Fsp3) is 0.933. The number of rotatable bonds is 23. The van der Waals surface area contributed by atoms with Gasteiger partial charge >= 0.3 is 0 Å². The van der Waals surface area contributed by atoms with Gasteiger partial charge in [-0.25, -0.2) is 0 Å². The smallest absolute Gasteiger partial charge is 0.0153 e. The molecule has 0 amide bonds. The number of hydrogen-bond acceptors (Lipinski definition) is 4. The Hall–Kier alpha value is -0.420. The van der Waals surface area contributed by atoms with E-state index in [1.807, 2.05) is 0 Å². The van der Waals surface area contributed by atoms with E-state index in [4.69, 9.17) is 0 Å². The lowest BCUT2D eigenvalue weighted by Crippen LogP contribution is -2.43. The molecule has 0 aliphatic heterocycles. The van der Waals surface area contributed by atoms with Gasteiger partial charge in [-0.2, -0.15) is 0 Å². The van der Waals surface area contributed by atoms with Crippen LogP contribution in [0.5, 0.6) is 0 Å². The number of nitrogens with one attached hydrogen (secondary N) is 4. The van der Waals surface area contributed by atoms with Gasteiger partial charge in [0.05, 0.1) is 0 Å². The summed E-state index contributed by atoms with van der Waals surface area (Å²) in [5.74, 6) is 0. The van der Waals surface area contributed by atoms with Crippen molar-refractivity contribution in [2.75, 3.05) is 26.2 Å². The van der Waals surface area contributed by atoms with Crippen molar-refractivity contribution in [2.24, 2.45) is 0 Å². The predicted molar refractivity (Wildman–Crippen MR) is 155 cm³/mol. The molecule has 0 saturated carbocycles. The molecule has 2 unspecified atom stereocenters. The second kappa shape index (κ2) is 18.8. The topological polar surface area (TPSA) is 48.1 Å². The molecule has 4 nitrogen and oxygen atoms in total. The lowest BCUT2D eigenvalue weighted by molar-refractivity contribution is 0.303. The zero-order valence-electron chi connectivity index (χ0n) is 24.8. The molecule has 4 heteroatoms. The van der Waals surface area contributed by atoms with Crippen molar-refractivity contribution in [3.8, 4) is 0 Å². The summed E-state index contributed by atoms with van der Waals surface area (Å²) in [6.45, 7) is 25.0. The van der Waals surface area contributed by atoms with Crippen LogP contribution in [0, 0.1) is 0 Å². The zero-order chi connectivity index (χ0) is 25.9. The molecule has 0 radical (unpaired) electrons. The van der Waals surface area contributed by atoms with E-state index in [2.05, 4.69) is 95.7 Å². The molecule has 0 spiro atoms. The average molecular weight is 481 g/mol. The van der Waals surface area contributed by atoms with E-state index < -0.39 is 0 Å². The molecule has 0 saturated heterocycles. The van der Waals surface area contributed by atoms with Crippen LogP contribution >= 0.6 is 0 Å². The summed E-state index contributed by atoms with van der Waals surface area (Å²) in [7, 11) is 0. The van der Waals surface area contributed by atoms with E-state index in [0.717, 1.165) is 26.2 Å². The van der Waals surface area contributed by atoms with E-state index in [9.17, 15) is 0 Å². The van der Waals surface area contributed by atoms with Crippen LogP contribution in [0.15, 0.2) is 12.2 Å². The molecule has 0 fully saturated rings. The van der Waals surface area contributed by atoms with Gasteiger partial charge in [0.25, 0.3) is 0 Å².